The summed E-state index contributed by atoms with van der Waals surface area (Å²) in [5.41, 5.74) is 0.874. The van der Waals surface area contributed by atoms with E-state index < -0.39 is 17.5 Å². The third-order valence-electron chi connectivity index (χ3n) is 6.65. The van der Waals surface area contributed by atoms with Gasteiger partial charge < -0.3 is 20.0 Å². The molecule has 0 aliphatic carbocycles. The van der Waals surface area contributed by atoms with Crippen molar-refractivity contribution in [2.45, 2.75) is 19.4 Å². The highest BCUT2D eigenvalue weighted by Crippen LogP contribution is 2.34. The number of amides is 1. The van der Waals surface area contributed by atoms with Crippen LogP contribution in [0.5, 0.6) is 0 Å². The molecule has 2 N–H and O–H groups in total. The maximum Gasteiger partial charge on any atom is 0.313 e. The van der Waals surface area contributed by atoms with Gasteiger partial charge in [-0.3, -0.25) is 14.5 Å². The molecule has 2 atom stereocenters. The van der Waals surface area contributed by atoms with E-state index in [1.54, 1.807) is 18.5 Å². The predicted octanol–water partition coefficient (Wildman–Crippen LogP) is 0.950. The highest BCUT2D eigenvalue weighted by molar-refractivity contribution is 5.80. The van der Waals surface area contributed by atoms with Crippen molar-refractivity contribution in [1.82, 2.24) is 19.8 Å². The molecule has 170 valence electrons. The molecule has 2 aromatic rings. The summed E-state index contributed by atoms with van der Waals surface area (Å²) in [5, 5.41) is 19.5. The molecule has 1 aromatic heterocycles. The Labute approximate surface area is 187 Å². The van der Waals surface area contributed by atoms with E-state index in [-0.39, 0.29) is 19.0 Å². The highest BCUT2D eigenvalue weighted by Gasteiger charge is 2.49. The minimum Gasteiger partial charge on any atom is -0.481 e. The largest absolute Gasteiger partial charge is 0.481 e. The number of carboxylic acid groups (broad SMARTS) is 1. The molecule has 0 saturated carbocycles. The molecule has 4 rings (SSSR count). The Balaban J connectivity index is 1.29. The van der Waals surface area contributed by atoms with Crippen LogP contribution in [0.2, 0.25) is 0 Å². The van der Waals surface area contributed by atoms with Crippen molar-refractivity contribution in [3.8, 4) is 11.4 Å². The number of aliphatic carboxylic acids is 1. The van der Waals surface area contributed by atoms with Gasteiger partial charge in [0.05, 0.1) is 12.6 Å². The lowest BCUT2D eigenvalue weighted by atomic mass is 9.82. The molecular weight excluding hydrogens is 410 g/mol. The summed E-state index contributed by atoms with van der Waals surface area (Å²) < 4.78 is 0. The average Bonchev–Trinajstić information content (AvgIpc) is 3.25. The maximum absolute atomic E-state index is 12.8. The number of piperazine rings is 1. The van der Waals surface area contributed by atoms with Crippen molar-refractivity contribution >= 4 is 17.6 Å². The SMILES string of the molecule is CC(O)C1(C(=O)O)CCN(CC(=O)N2CCN(c3ccc(-c4ncccn4)cc3)CC2)C1. The number of carbonyl (C=O) groups is 2. The minimum atomic E-state index is -1.18. The lowest BCUT2D eigenvalue weighted by molar-refractivity contribution is -0.155. The molecule has 2 aliphatic heterocycles. The molecular formula is C23H29N5O4. The molecule has 2 aliphatic rings. The normalized spacial score (nSPS) is 22.7. The number of hydrogen-bond acceptors (Lipinski definition) is 7. The van der Waals surface area contributed by atoms with Crippen LogP contribution in [-0.2, 0) is 9.59 Å². The van der Waals surface area contributed by atoms with Crippen molar-refractivity contribution in [2.24, 2.45) is 5.41 Å². The minimum absolute atomic E-state index is 0.00741. The summed E-state index contributed by atoms with van der Waals surface area (Å²) in [7, 11) is 0. The van der Waals surface area contributed by atoms with Gasteiger partial charge in [-0.1, -0.05) is 0 Å². The van der Waals surface area contributed by atoms with Crippen LogP contribution in [0, 0.1) is 5.41 Å². The summed E-state index contributed by atoms with van der Waals surface area (Å²) in [6, 6.07) is 9.90. The van der Waals surface area contributed by atoms with Crippen LogP contribution in [0.3, 0.4) is 0 Å². The van der Waals surface area contributed by atoms with Gasteiger partial charge in [-0.05, 0) is 50.2 Å². The van der Waals surface area contributed by atoms with Crippen LogP contribution < -0.4 is 4.90 Å². The molecule has 0 radical (unpaired) electrons. The molecule has 0 bridgehead atoms. The second-order valence-corrected chi connectivity index (χ2v) is 8.59. The zero-order valence-electron chi connectivity index (χ0n) is 18.2. The van der Waals surface area contributed by atoms with Gasteiger partial charge in [0, 0.05) is 56.4 Å². The van der Waals surface area contributed by atoms with E-state index >= 15 is 0 Å². The Morgan fingerprint density at radius 3 is 2.28 bits per heavy atom. The fourth-order valence-electron chi connectivity index (χ4n) is 4.52. The van der Waals surface area contributed by atoms with E-state index in [9.17, 15) is 19.8 Å². The number of anilines is 1. The first-order valence-electron chi connectivity index (χ1n) is 10.9. The first-order chi connectivity index (χ1) is 15.4. The topological polar surface area (TPSA) is 110 Å². The first kappa shape index (κ1) is 22.2. The number of carboxylic acids is 1. The summed E-state index contributed by atoms with van der Waals surface area (Å²) in [5.74, 6) is -0.298. The van der Waals surface area contributed by atoms with Crippen molar-refractivity contribution in [1.29, 1.82) is 0 Å². The van der Waals surface area contributed by atoms with Crippen molar-refractivity contribution < 1.29 is 19.8 Å². The Hall–Kier alpha value is -3.04. The van der Waals surface area contributed by atoms with Gasteiger partial charge in [-0.15, -0.1) is 0 Å². The van der Waals surface area contributed by atoms with Gasteiger partial charge in [-0.25, -0.2) is 9.97 Å². The van der Waals surface area contributed by atoms with Crippen LogP contribution >= 0.6 is 0 Å². The third-order valence-corrected chi connectivity index (χ3v) is 6.65. The Morgan fingerprint density at radius 2 is 1.72 bits per heavy atom. The number of rotatable bonds is 6. The van der Waals surface area contributed by atoms with Crippen LogP contribution in [-0.4, -0.2) is 93.8 Å². The number of carbonyl (C=O) groups excluding carboxylic acids is 1. The first-order valence-corrected chi connectivity index (χ1v) is 10.9. The van der Waals surface area contributed by atoms with Crippen molar-refractivity contribution in [3.63, 3.8) is 0 Å². The van der Waals surface area contributed by atoms with Gasteiger partial charge in [-0.2, -0.15) is 0 Å². The average molecular weight is 440 g/mol. The molecule has 2 saturated heterocycles. The molecule has 1 aromatic carbocycles. The molecule has 2 unspecified atom stereocenters. The number of benzene rings is 1. The van der Waals surface area contributed by atoms with Crippen LogP contribution in [0.25, 0.3) is 11.4 Å². The standard InChI is InChI=1S/C23H29N5O4/c1-17(29)23(22(31)32)7-10-26(16-23)15-20(30)28-13-11-27(12-14-28)19-5-3-18(4-6-19)21-24-8-2-9-25-21/h2-6,8-9,17,29H,7,10-16H2,1H3,(H,31,32). The van der Waals surface area contributed by atoms with Gasteiger partial charge >= 0.3 is 5.97 Å². The lowest BCUT2D eigenvalue weighted by Crippen LogP contribution is -2.51. The van der Waals surface area contributed by atoms with Crippen LogP contribution in [0.1, 0.15) is 13.3 Å². The molecule has 0 spiro atoms. The quantitative estimate of drug-likeness (QED) is 0.685. The van der Waals surface area contributed by atoms with E-state index in [1.807, 2.05) is 21.9 Å². The summed E-state index contributed by atoms with van der Waals surface area (Å²) in [6.07, 6.45) is 2.84. The third kappa shape index (κ3) is 4.44. The molecule has 3 heterocycles. The van der Waals surface area contributed by atoms with E-state index in [0.717, 1.165) is 24.3 Å². The van der Waals surface area contributed by atoms with Gasteiger partial charge in [0.25, 0.3) is 0 Å². The molecule has 1 amide bonds. The highest BCUT2D eigenvalue weighted by atomic mass is 16.4. The second-order valence-electron chi connectivity index (χ2n) is 8.59. The molecule has 32 heavy (non-hydrogen) atoms. The van der Waals surface area contributed by atoms with E-state index in [2.05, 4.69) is 27.0 Å². The smallest absolute Gasteiger partial charge is 0.313 e. The monoisotopic (exact) mass is 439 g/mol. The summed E-state index contributed by atoms with van der Waals surface area (Å²) >= 11 is 0. The molecule has 9 nitrogen and oxygen atoms in total. The lowest BCUT2D eigenvalue weighted by Gasteiger charge is -2.37. The van der Waals surface area contributed by atoms with Crippen molar-refractivity contribution in [3.05, 3.63) is 42.7 Å². The number of hydrogen-bond donors (Lipinski definition) is 2. The molecule has 2 fully saturated rings. The van der Waals surface area contributed by atoms with Crippen LogP contribution in [0.4, 0.5) is 5.69 Å². The maximum atomic E-state index is 12.8. The second kappa shape index (κ2) is 9.22. The number of aliphatic hydroxyl groups is 1. The van der Waals surface area contributed by atoms with Gasteiger partial charge in [0.1, 0.15) is 5.41 Å². The number of aliphatic hydroxyl groups excluding tert-OH is 1. The van der Waals surface area contributed by atoms with Crippen LogP contribution in [0.15, 0.2) is 42.7 Å². The Bertz CT molecular complexity index is 945. The van der Waals surface area contributed by atoms with E-state index in [4.69, 9.17) is 0 Å². The summed E-state index contributed by atoms with van der Waals surface area (Å²) in [4.78, 5) is 38.9. The fraction of sp³-hybridized carbons (Fsp3) is 0.478. The van der Waals surface area contributed by atoms with E-state index in [0.29, 0.717) is 31.9 Å². The van der Waals surface area contributed by atoms with E-state index in [1.165, 1.54) is 6.92 Å². The zero-order valence-corrected chi connectivity index (χ0v) is 18.2. The molecule has 9 heteroatoms. The van der Waals surface area contributed by atoms with Gasteiger partial charge in [0.2, 0.25) is 5.91 Å². The summed E-state index contributed by atoms with van der Waals surface area (Å²) in [6.45, 7) is 5.11. The Kier molecular flexibility index (Phi) is 6.38. The predicted molar refractivity (Wildman–Crippen MR) is 119 cm³/mol. The fourth-order valence-corrected chi connectivity index (χ4v) is 4.52. The number of nitrogens with zero attached hydrogens (tertiary/aromatic N) is 5. The zero-order chi connectivity index (χ0) is 22.7. The Morgan fingerprint density at radius 1 is 1.06 bits per heavy atom. The van der Waals surface area contributed by atoms with Gasteiger partial charge in [0.15, 0.2) is 5.82 Å². The van der Waals surface area contributed by atoms with Crippen molar-refractivity contribution in [2.75, 3.05) is 50.7 Å². The number of likely N-dealkylation sites (tertiary alicyclic amines) is 1. The number of aromatic nitrogens is 2.